The van der Waals surface area contributed by atoms with Crippen molar-refractivity contribution in [2.45, 2.75) is 18.9 Å². The van der Waals surface area contributed by atoms with Crippen LogP contribution in [0.1, 0.15) is 22.7 Å². The quantitative estimate of drug-likeness (QED) is 0.862. The van der Waals surface area contributed by atoms with Crippen LogP contribution in [-0.2, 0) is 12.8 Å². The number of likely N-dealkylation sites (N-methyl/N-ethyl adjacent to an activating group) is 1. The number of rotatable bonds is 4. The van der Waals surface area contributed by atoms with Gasteiger partial charge >= 0.3 is 0 Å². The van der Waals surface area contributed by atoms with Crippen LogP contribution in [0, 0.1) is 0 Å². The maximum atomic E-state index is 5.36. The van der Waals surface area contributed by atoms with E-state index in [1.54, 1.807) is 14.2 Å². The van der Waals surface area contributed by atoms with Crippen molar-refractivity contribution in [1.82, 2.24) is 4.90 Å². The molecule has 3 nitrogen and oxygen atoms in total. The van der Waals surface area contributed by atoms with Crippen molar-refractivity contribution in [3.8, 4) is 11.5 Å². The van der Waals surface area contributed by atoms with E-state index in [4.69, 9.17) is 9.47 Å². The molecule has 0 saturated carbocycles. The lowest BCUT2D eigenvalue weighted by atomic mass is 9.89. The molecule has 0 aromatic heterocycles. The smallest absolute Gasteiger partial charge is 0.119 e. The van der Waals surface area contributed by atoms with Gasteiger partial charge in [0.05, 0.1) is 14.2 Å². The van der Waals surface area contributed by atoms with Crippen molar-refractivity contribution in [2.24, 2.45) is 0 Å². The van der Waals surface area contributed by atoms with Crippen LogP contribution in [0.15, 0.2) is 42.5 Å². The average molecular weight is 297 g/mol. The third kappa shape index (κ3) is 2.95. The zero-order valence-electron chi connectivity index (χ0n) is 13.5. The van der Waals surface area contributed by atoms with Crippen molar-refractivity contribution in [1.29, 1.82) is 0 Å². The molecule has 0 saturated heterocycles. The summed E-state index contributed by atoms with van der Waals surface area (Å²) in [5.41, 5.74) is 4.17. The Morgan fingerprint density at radius 2 is 1.68 bits per heavy atom. The molecule has 3 heteroatoms. The summed E-state index contributed by atoms with van der Waals surface area (Å²) in [6.45, 7) is 1.08. The molecule has 0 spiro atoms. The number of fused-ring (bicyclic) bond motifs is 1. The van der Waals surface area contributed by atoms with Crippen molar-refractivity contribution in [2.75, 3.05) is 27.8 Å². The summed E-state index contributed by atoms with van der Waals surface area (Å²) in [4.78, 5) is 2.44. The molecule has 0 amide bonds. The minimum atomic E-state index is 0.419. The fraction of sp³-hybridized carbons (Fsp3) is 0.368. The predicted octanol–water partition coefficient (Wildman–Crippen LogP) is 3.48. The maximum Gasteiger partial charge on any atom is 0.119 e. The first-order valence-electron chi connectivity index (χ1n) is 7.71. The zero-order valence-corrected chi connectivity index (χ0v) is 13.5. The highest BCUT2D eigenvalue weighted by Gasteiger charge is 2.25. The van der Waals surface area contributed by atoms with Gasteiger partial charge in [-0.1, -0.05) is 18.2 Å². The minimum Gasteiger partial charge on any atom is -0.497 e. The Labute approximate surface area is 132 Å². The number of methoxy groups -OCH3 is 2. The van der Waals surface area contributed by atoms with E-state index in [0.717, 1.165) is 30.9 Å². The van der Waals surface area contributed by atoms with Gasteiger partial charge in [0.1, 0.15) is 11.5 Å². The highest BCUT2D eigenvalue weighted by Crippen LogP contribution is 2.33. The number of hydrogen-bond donors (Lipinski definition) is 0. The van der Waals surface area contributed by atoms with Crippen LogP contribution in [-0.4, -0.2) is 32.7 Å². The minimum absolute atomic E-state index is 0.419. The lowest BCUT2D eigenvalue weighted by Gasteiger charge is -2.35. The lowest BCUT2D eigenvalue weighted by Crippen LogP contribution is -2.33. The fourth-order valence-electron chi connectivity index (χ4n) is 3.19. The molecule has 0 aliphatic carbocycles. The van der Waals surface area contributed by atoms with Crippen LogP contribution >= 0.6 is 0 Å². The molecule has 1 aliphatic rings. The first-order chi connectivity index (χ1) is 10.7. The third-order valence-corrected chi connectivity index (χ3v) is 4.56. The summed E-state index contributed by atoms with van der Waals surface area (Å²) in [6.07, 6.45) is 2.10. The molecular formula is C19H23NO2. The number of hydrogen-bond acceptors (Lipinski definition) is 3. The van der Waals surface area contributed by atoms with E-state index in [0.29, 0.717) is 6.04 Å². The molecule has 0 radical (unpaired) electrons. The van der Waals surface area contributed by atoms with Crippen LogP contribution in [0.5, 0.6) is 11.5 Å². The molecule has 116 valence electrons. The van der Waals surface area contributed by atoms with Crippen LogP contribution < -0.4 is 9.47 Å². The number of nitrogens with zero attached hydrogens (tertiary/aromatic N) is 1. The van der Waals surface area contributed by atoms with Crippen LogP contribution in [0.25, 0.3) is 0 Å². The zero-order chi connectivity index (χ0) is 15.5. The second-order valence-corrected chi connectivity index (χ2v) is 5.86. The molecule has 0 bridgehead atoms. The fourth-order valence-corrected chi connectivity index (χ4v) is 3.19. The van der Waals surface area contributed by atoms with Gasteiger partial charge in [0, 0.05) is 12.6 Å². The SMILES string of the molecule is COc1ccc(C[C@@H]2c3ccc(OC)cc3CCN2C)cc1. The summed E-state index contributed by atoms with van der Waals surface area (Å²) < 4.78 is 10.6. The topological polar surface area (TPSA) is 21.7 Å². The van der Waals surface area contributed by atoms with E-state index in [1.165, 1.54) is 16.7 Å². The molecule has 1 atom stereocenters. The van der Waals surface area contributed by atoms with Crippen molar-refractivity contribution in [3.63, 3.8) is 0 Å². The molecule has 2 aromatic carbocycles. The van der Waals surface area contributed by atoms with Gasteiger partial charge in [-0.15, -0.1) is 0 Å². The largest absolute Gasteiger partial charge is 0.497 e. The molecule has 1 heterocycles. The van der Waals surface area contributed by atoms with Crippen molar-refractivity contribution in [3.05, 3.63) is 59.2 Å². The Morgan fingerprint density at radius 1 is 1.00 bits per heavy atom. The molecule has 3 rings (SSSR count). The van der Waals surface area contributed by atoms with Gasteiger partial charge in [0.2, 0.25) is 0 Å². The monoisotopic (exact) mass is 297 g/mol. The van der Waals surface area contributed by atoms with Gasteiger partial charge in [0.15, 0.2) is 0 Å². The Morgan fingerprint density at radius 3 is 2.36 bits per heavy atom. The average Bonchev–Trinajstić information content (AvgIpc) is 2.57. The second kappa shape index (κ2) is 6.41. The summed E-state index contributed by atoms with van der Waals surface area (Å²) in [5.74, 6) is 1.86. The van der Waals surface area contributed by atoms with Gasteiger partial charge in [-0.2, -0.15) is 0 Å². The number of ether oxygens (including phenoxy) is 2. The van der Waals surface area contributed by atoms with Gasteiger partial charge in [0.25, 0.3) is 0 Å². The predicted molar refractivity (Wildman–Crippen MR) is 88.8 cm³/mol. The van der Waals surface area contributed by atoms with Crippen molar-refractivity contribution >= 4 is 0 Å². The number of benzene rings is 2. The third-order valence-electron chi connectivity index (χ3n) is 4.56. The molecule has 0 N–H and O–H groups in total. The maximum absolute atomic E-state index is 5.36. The van der Waals surface area contributed by atoms with Gasteiger partial charge in [-0.05, 0) is 60.8 Å². The normalized spacial score (nSPS) is 17.9. The Kier molecular flexibility index (Phi) is 4.34. The summed E-state index contributed by atoms with van der Waals surface area (Å²) in [6, 6.07) is 15.3. The standard InChI is InChI=1S/C19H23NO2/c1-20-11-10-15-13-17(22-3)8-9-18(15)19(20)12-14-4-6-16(21-2)7-5-14/h4-9,13,19H,10-12H2,1-3H3/t19-/m1/s1. The molecule has 2 aromatic rings. The highest BCUT2D eigenvalue weighted by molar-refractivity contribution is 5.40. The molecular weight excluding hydrogens is 274 g/mol. The van der Waals surface area contributed by atoms with Crippen LogP contribution in [0.4, 0.5) is 0 Å². The Hall–Kier alpha value is -2.00. The summed E-state index contributed by atoms with van der Waals surface area (Å²) >= 11 is 0. The van der Waals surface area contributed by atoms with E-state index < -0.39 is 0 Å². The van der Waals surface area contributed by atoms with E-state index in [2.05, 4.69) is 42.3 Å². The van der Waals surface area contributed by atoms with Gasteiger partial charge in [-0.25, -0.2) is 0 Å². The van der Waals surface area contributed by atoms with Crippen LogP contribution in [0.2, 0.25) is 0 Å². The van der Waals surface area contributed by atoms with Gasteiger partial charge in [-0.3, -0.25) is 4.90 Å². The highest BCUT2D eigenvalue weighted by atomic mass is 16.5. The molecule has 0 unspecified atom stereocenters. The molecule has 22 heavy (non-hydrogen) atoms. The van der Waals surface area contributed by atoms with E-state index in [-0.39, 0.29) is 0 Å². The van der Waals surface area contributed by atoms with E-state index in [9.17, 15) is 0 Å². The second-order valence-electron chi connectivity index (χ2n) is 5.86. The Balaban J connectivity index is 1.86. The lowest BCUT2D eigenvalue weighted by molar-refractivity contribution is 0.229. The molecule has 0 fully saturated rings. The Bertz CT molecular complexity index is 636. The van der Waals surface area contributed by atoms with E-state index >= 15 is 0 Å². The van der Waals surface area contributed by atoms with Gasteiger partial charge < -0.3 is 9.47 Å². The van der Waals surface area contributed by atoms with Crippen LogP contribution in [0.3, 0.4) is 0 Å². The summed E-state index contributed by atoms with van der Waals surface area (Å²) in [5, 5.41) is 0. The first-order valence-corrected chi connectivity index (χ1v) is 7.71. The summed E-state index contributed by atoms with van der Waals surface area (Å²) in [7, 11) is 5.64. The van der Waals surface area contributed by atoms with E-state index in [1.807, 2.05) is 12.1 Å². The van der Waals surface area contributed by atoms with Crippen molar-refractivity contribution < 1.29 is 9.47 Å². The first kappa shape index (κ1) is 14.9. The molecule has 1 aliphatic heterocycles.